The third kappa shape index (κ3) is 6.06. The van der Waals surface area contributed by atoms with Crippen molar-refractivity contribution in [3.63, 3.8) is 0 Å². The van der Waals surface area contributed by atoms with E-state index in [1.54, 1.807) is 42.5 Å². The van der Waals surface area contributed by atoms with Gasteiger partial charge in [0.1, 0.15) is 29.7 Å². The number of carbonyl (C=O) groups is 2. The number of carbonyl (C=O) groups excluding carboxylic acids is 2. The minimum atomic E-state index is -0.770. The summed E-state index contributed by atoms with van der Waals surface area (Å²) in [4.78, 5) is 28.1. The van der Waals surface area contributed by atoms with Crippen molar-refractivity contribution >= 4 is 17.5 Å². The quantitative estimate of drug-likeness (QED) is 0.382. The molecule has 1 aliphatic rings. The van der Waals surface area contributed by atoms with Crippen molar-refractivity contribution in [2.45, 2.75) is 12.5 Å². The van der Waals surface area contributed by atoms with Crippen LogP contribution in [0.3, 0.4) is 0 Å². The second-order valence-corrected chi connectivity index (χ2v) is 8.79. The van der Waals surface area contributed by atoms with Gasteiger partial charge in [-0.3, -0.25) is 9.59 Å². The zero-order chi connectivity index (χ0) is 27.9. The summed E-state index contributed by atoms with van der Waals surface area (Å²) in [5.41, 5.74) is 1.23. The third-order valence-electron chi connectivity index (χ3n) is 6.43. The first-order valence-corrected chi connectivity index (χ1v) is 12.3. The van der Waals surface area contributed by atoms with Crippen molar-refractivity contribution in [1.29, 1.82) is 0 Å². The van der Waals surface area contributed by atoms with Crippen molar-refractivity contribution in [3.8, 4) is 11.5 Å². The second kappa shape index (κ2) is 12.5. The Hall–Kier alpha value is -4.31. The van der Waals surface area contributed by atoms with Crippen LogP contribution in [-0.4, -0.2) is 68.5 Å². The van der Waals surface area contributed by atoms with Gasteiger partial charge in [0, 0.05) is 37.3 Å². The van der Waals surface area contributed by atoms with Crippen molar-refractivity contribution in [3.05, 3.63) is 95.1 Å². The molecule has 0 aromatic heterocycles. The molecular formula is C29H29F2N3O5. The molecule has 0 aliphatic carbocycles. The van der Waals surface area contributed by atoms with Crippen LogP contribution in [-0.2, 0) is 9.53 Å². The summed E-state index contributed by atoms with van der Waals surface area (Å²) in [6, 6.07) is 16.1. The number of rotatable bonds is 10. The lowest BCUT2D eigenvalue weighted by Crippen LogP contribution is -2.43. The Kier molecular flexibility index (Phi) is 8.88. The van der Waals surface area contributed by atoms with E-state index in [0.29, 0.717) is 22.8 Å². The standard InChI is InChI=1S/C29H29F2N3O5/c1-37-15-14-33(29(36)21-9-5-7-11-24(21)31)18-28(35)34-26(20-8-4-6-10-23(20)30)17-25(32-34)22-13-12-19(38-2)16-27(22)39-3/h4-13,16,26H,14-15,17-18H2,1-3H3. The first-order chi connectivity index (χ1) is 18.9. The van der Waals surface area contributed by atoms with Gasteiger partial charge < -0.3 is 19.1 Å². The Morgan fingerprint density at radius 2 is 1.69 bits per heavy atom. The fourth-order valence-corrected chi connectivity index (χ4v) is 4.42. The van der Waals surface area contributed by atoms with Crippen LogP contribution >= 0.6 is 0 Å². The molecule has 0 spiro atoms. The maximum atomic E-state index is 14.9. The maximum Gasteiger partial charge on any atom is 0.262 e. The minimum Gasteiger partial charge on any atom is -0.497 e. The van der Waals surface area contributed by atoms with Gasteiger partial charge in [0.2, 0.25) is 0 Å². The Morgan fingerprint density at radius 3 is 2.36 bits per heavy atom. The van der Waals surface area contributed by atoms with E-state index >= 15 is 0 Å². The molecule has 0 N–H and O–H groups in total. The highest BCUT2D eigenvalue weighted by atomic mass is 19.1. The van der Waals surface area contributed by atoms with Gasteiger partial charge in [0.05, 0.1) is 38.1 Å². The van der Waals surface area contributed by atoms with E-state index in [1.165, 1.54) is 55.5 Å². The molecule has 204 valence electrons. The second-order valence-electron chi connectivity index (χ2n) is 8.79. The number of halogens is 2. The molecule has 10 heteroatoms. The van der Waals surface area contributed by atoms with Gasteiger partial charge in [-0.05, 0) is 30.3 Å². The van der Waals surface area contributed by atoms with Crippen LogP contribution in [0.15, 0.2) is 71.8 Å². The predicted molar refractivity (Wildman–Crippen MR) is 141 cm³/mol. The fraction of sp³-hybridized carbons (Fsp3) is 0.276. The number of hydrogen-bond donors (Lipinski definition) is 0. The number of methoxy groups -OCH3 is 3. The summed E-state index contributed by atoms with van der Waals surface area (Å²) in [7, 11) is 4.50. The molecule has 0 radical (unpaired) electrons. The number of amides is 2. The number of nitrogens with zero attached hydrogens (tertiary/aromatic N) is 3. The van der Waals surface area contributed by atoms with Crippen LogP contribution in [0.25, 0.3) is 0 Å². The molecule has 39 heavy (non-hydrogen) atoms. The van der Waals surface area contributed by atoms with Crippen molar-refractivity contribution in [1.82, 2.24) is 9.91 Å². The molecular weight excluding hydrogens is 508 g/mol. The van der Waals surface area contributed by atoms with Crippen molar-refractivity contribution < 1.29 is 32.6 Å². The summed E-state index contributed by atoms with van der Waals surface area (Å²) in [6.07, 6.45) is 0.203. The van der Waals surface area contributed by atoms with E-state index in [-0.39, 0.29) is 30.7 Å². The largest absolute Gasteiger partial charge is 0.497 e. The molecule has 1 unspecified atom stereocenters. The summed E-state index contributed by atoms with van der Waals surface area (Å²) >= 11 is 0. The van der Waals surface area contributed by atoms with Gasteiger partial charge in [-0.15, -0.1) is 0 Å². The summed E-state index contributed by atoms with van der Waals surface area (Å²) in [5.74, 6) is -1.36. The van der Waals surface area contributed by atoms with E-state index < -0.39 is 36.0 Å². The van der Waals surface area contributed by atoms with E-state index in [4.69, 9.17) is 14.2 Å². The van der Waals surface area contributed by atoms with Gasteiger partial charge in [-0.25, -0.2) is 13.8 Å². The molecule has 1 atom stereocenters. The fourth-order valence-electron chi connectivity index (χ4n) is 4.42. The molecule has 8 nitrogen and oxygen atoms in total. The lowest BCUT2D eigenvalue weighted by molar-refractivity contribution is -0.133. The lowest BCUT2D eigenvalue weighted by atomic mass is 9.97. The van der Waals surface area contributed by atoms with E-state index in [2.05, 4.69) is 5.10 Å². The normalized spacial score (nSPS) is 14.6. The average Bonchev–Trinajstić information content (AvgIpc) is 3.40. The summed E-state index contributed by atoms with van der Waals surface area (Å²) < 4.78 is 45.2. The topological polar surface area (TPSA) is 80.7 Å². The number of benzene rings is 3. The smallest absolute Gasteiger partial charge is 0.262 e. The molecule has 2 amide bonds. The van der Waals surface area contributed by atoms with Crippen LogP contribution in [0.4, 0.5) is 8.78 Å². The van der Waals surface area contributed by atoms with Gasteiger partial charge in [-0.2, -0.15) is 5.10 Å². The Labute approximate surface area is 225 Å². The van der Waals surface area contributed by atoms with Gasteiger partial charge >= 0.3 is 0 Å². The van der Waals surface area contributed by atoms with Crippen LogP contribution < -0.4 is 9.47 Å². The molecule has 1 aliphatic heterocycles. The lowest BCUT2D eigenvalue weighted by Gasteiger charge is -2.27. The van der Waals surface area contributed by atoms with Gasteiger partial charge in [0.15, 0.2) is 0 Å². The number of hydrogen-bond acceptors (Lipinski definition) is 6. The SMILES string of the molecule is COCCN(CC(=O)N1N=C(c2ccc(OC)cc2OC)CC1c1ccccc1F)C(=O)c1ccccc1F. The van der Waals surface area contributed by atoms with Gasteiger partial charge in [-0.1, -0.05) is 30.3 Å². The molecule has 4 rings (SSSR count). The predicted octanol–water partition coefficient (Wildman–Crippen LogP) is 4.45. The molecule has 1 heterocycles. The zero-order valence-electron chi connectivity index (χ0n) is 21.9. The minimum absolute atomic E-state index is 0.0382. The third-order valence-corrected chi connectivity index (χ3v) is 6.43. The van der Waals surface area contributed by atoms with Crippen molar-refractivity contribution in [2.24, 2.45) is 5.10 Å². The molecule has 0 fully saturated rings. The Morgan fingerprint density at radius 1 is 0.974 bits per heavy atom. The first-order valence-electron chi connectivity index (χ1n) is 12.3. The number of ether oxygens (including phenoxy) is 3. The molecule has 0 bridgehead atoms. The van der Waals surface area contributed by atoms with E-state index in [0.717, 1.165) is 0 Å². The monoisotopic (exact) mass is 537 g/mol. The van der Waals surface area contributed by atoms with Crippen LogP contribution in [0, 0.1) is 11.6 Å². The summed E-state index contributed by atoms with van der Waals surface area (Å²) in [5, 5.41) is 5.76. The molecule has 0 saturated heterocycles. The highest BCUT2D eigenvalue weighted by Gasteiger charge is 2.36. The maximum absolute atomic E-state index is 14.9. The van der Waals surface area contributed by atoms with E-state index in [9.17, 15) is 18.4 Å². The Balaban J connectivity index is 1.69. The number of hydrazone groups is 1. The zero-order valence-corrected chi connectivity index (χ0v) is 21.9. The van der Waals surface area contributed by atoms with E-state index in [1.807, 2.05) is 0 Å². The van der Waals surface area contributed by atoms with Crippen LogP contribution in [0.5, 0.6) is 11.5 Å². The highest BCUT2D eigenvalue weighted by Crippen LogP contribution is 2.37. The van der Waals surface area contributed by atoms with Crippen molar-refractivity contribution in [2.75, 3.05) is 41.0 Å². The average molecular weight is 538 g/mol. The Bertz CT molecular complexity index is 1380. The highest BCUT2D eigenvalue weighted by molar-refractivity contribution is 6.05. The molecule has 3 aromatic rings. The van der Waals surface area contributed by atoms with Crippen LogP contribution in [0.1, 0.15) is 33.9 Å². The summed E-state index contributed by atoms with van der Waals surface area (Å²) in [6.45, 7) is -0.254. The van der Waals surface area contributed by atoms with Crippen LogP contribution in [0.2, 0.25) is 0 Å². The van der Waals surface area contributed by atoms with Gasteiger partial charge in [0.25, 0.3) is 11.8 Å². The molecule has 3 aromatic carbocycles. The molecule has 0 saturated carbocycles. The first kappa shape index (κ1) is 27.7.